The number of anilines is 1. The molecule has 2 heterocycles. The molecule has 4 rings (SSSR count). The molecule has 0 saturated carbocycles. The maximum atomic E-state index is 13.3. The van der Waals surface area contributed by atoms with Crippen LogP contribution in [0.2, 0.25) is 5.02 Å². The molecule has 1 fully saturated rings. The standard InChI is InChI=1S/C26H31ClN4O2/c1-4-30-10-6-9-22(30)16-31(26(33)28-21-8-5-7-20(27)14-21)15-19-13-23-18(3)11-17(2)12-24(23)29-25(19)32/h5,7-8,11-14,22H,4,6,9-10,15-16H2,1-3H3,(H,28,33)(H,29,32)/t22-/m0/s1. The number of hydrogen-bond donors (Lipinski definition) is 2. The number of nitrogens with zero attached hydrogens (tertiary/aromatic N) is 2. The summed E-state index contributed by atoms with van der Waals surface area (Å²) >= 11 is 6.10. The van der Waals surface area contributed by atoms with Gasteiger partial charge >= 0.3 is 6.03 Å². The van der Waals surface area contributed by atoms with E-state index in [-0.39, 0.29) is 24.2 Å². The van der Waals surface area contributed by atoms with Crippen molar-refractivity contribution in [3.63, 3.8) is 0 Å². The molecular weight excluding hydrogens is 436 g/mol. The molecule has 0 aliphatic carbocycles. The van der Waals surface area contributed by atoms with Gasteiger partial charge in [-0.2, -0.15) is 0 Å². The fraction of sp³-hybridized carbons (Fsp3) is 0.385. The third-order valence-electron chi connectivity index (χ3n) is 6.45. The molecule has 2 aromatic carbocycles. The summed E-state index contributed by atoms with van der Waals surface area (Å²) in [6.45, 7) is 8.99. The first-order valence-corrected chi connectivity index (χ1v) is 11.9. The van der Waals surface area contributed by atoms with E-state index in [2.05, 4.69) is 28.2 Å². The van der Waals surface area contributed by atoms with Crippen molar-refractivity contribution in [1.29, 1.82) is 0 Å². The number of urea groups is 1. The van der Waals surface area contributed by atoms with Gasteiger partial charge in [0.1, 0.15) is 0 Å². The van der Waals surface area contributed by atoms with Crippen molar-refractivity contribution < 1.29 is 4.79 Å². The fourth-order valence-corrected chi connectivity index (χ4v) is 4.99. The Balaban J connectivity index is 1.64. The number of likely N-dealkylation sites (N-methyl/N-ethyl adjacent to an activating group) is 1. The van der Waals surface area contributed by atoms with Gasteiger partial charge in [0, 0.05) is 39.8 Å². The van der Waals surface area contributed by atoms with Crippen molar-refractivity contribution >= 4 is 34.2 Å². The number of fused-ring (bicyclic) bond motifs is 1. The van der Waals surface area contributed by atoms with Gasteiger partial charge in [-0.3, -0.25) is 9.69 Å². The number of benzene rings is 2. The molecule has 1 aromatic heterocycles. The number of aryl methyl sites for hydroxylation is 2. The van der Waals surface area contributed by atoms with E-state index < -0.39 is 0 Å². The Kier molecular flexibility index (Phi) is 7.05. The van der Waals surface area contributed by atoms with E-state index in [1.165, 1.54) is 0 Å². The van der Waals surface area contributed by atoms with Crippen LogP contribution in [-0.2, 0) is 6.54 Å². The van der Waals surface area contributed by atoms with E-state index in [1.807, 2.05) is 32.0 Å². The van der Waals surface area contributed by atoms with E-state index in [4.69, 9.17) is 11.6 Å². The Hall–Kier alpha value is -2.83. The number of aromatic nitrogens is 1. The van der Waals surface area contributed by atoms with Gasteiger partial charge in [0.15, 0.2) is 0 Å². The number of amides is 2. The summed E-state index contributed by atoms with van der Waals surface area (Å²) in [5.74, 6) is 0. The summed E-state index contributed by atoms with van der Waals surface area (Å²) in [7, 11) is 0. The van der Waals surface area contributed by atoms with Crippen LogP contribution in [0.4, 0.5) is 10.5 Å². The fourth-order valence-electron chi connectivity index (χ4n) is 4.80. The molecule has 2 amide bonds. The molecule has 1 aliphatic heterocycles. The summed E-state index contributed by atoms with van der Waals surface area (Å²) in [5, 5.41) is 4.52. The van der Waals surface area contributed by atoms with Crippen molar-refractivity contribution in [1.82, 2.24) is 14.8 Å². The van der Waals surface area contributed by atoms with Crippen LogP contribution in [0.5, 0.6) is 0 Å². The molecule has 0 bridgehead atoms. The Bertz CT molecular complexity index is 1220. The zero-order valence-corrected chi connectivity index (χ0v) is 20.2. The lowest BCUT2D eigenvalue weighted by Gasteiger charge is -2.30. The number of likely N-dealkylation sites (tertiary alicyclic amines) is 1. The van der Waals surface area contributed by atoms with Crippen LogP contribution < -0.4 is 10.9 Å². The van der Waals surface area contributed by atoms with E-state index in [9.17, 15) is 9.59 Å². The second kappa shape index (κ2) is 9.98. The van der Waals surface area contributed by atoms with Crippen LogP contribution in [-0.4, -0.2) is 46.5 Å². The number of carbonyl (C=O) groups is 1. The number of pyridine rings is 1. The number of halogens is 1. The molecule has 1 saturated heterocycles. The number of carbonyl (C=O) groups excluding carboxylic acids is 1. The summed E-state index contributed by atoms with van der Waals surface area (Å²) in [6, 6.07) is 13.2. The summed E-state index contributed by atoms with van der Waals surface area (Å²) < 4.78 is 0. The SMILES string of the molecule is CCN1CCC[C@H]1CN(Cc1cc2c(C)cc(C)cc2[nH]c1=O)C(=O)Nc1cccc(Cl)c1. The second-order valence-electron chi connectivity index (χ2n) is 8.91. The zero-order valence-electron chi connectivity index (χ0n) is 19.5. The van der Waals surface area contributed by atoms with Gasteiger partial charge in [0.2, 0.25) is 0 Å². The van der Waals surface area contributed by atoms with Gasteiger partial charge in [-0.1, -0.05) is 30.7 Å². The highest BCUT2D eigenvalue weighted by Crippen LogP contribution is 2.22. The predicted molar refractivity (Wildman–Crippen MR) is 135 cm³/mol. The molecule has 2 N–H and O–H groups in total. The summed E-state index contributed by atoms with van der Waals surface area (Å²) in [5.41, 5.74) is 4.08. The smallest absolute Gasteiger partial charge is 0.322 e. The quantitative estimate of drug-likeness (QED) is 0.516. The lowest BCUT2D eigenvalue weighted by Crippen LogP contribution is -2.45. The third kappa shape index (κ3) is 5.40. The number of rotatable bonds is 6. The van der Waals surface area contributed by atoms with Gasteiger partial charge in [0.05, 0.1) is 6.54 Å². The monoisotopic (exact) mass is 466 g/mol. The predicted octanol–water partition coefficient (Wildman–Crippen LogP) is 5.32. The normalized spacial score (nSPS) is 16.3. The van der Waals surface area contributed by atoms with E-state index >= 15 is 0 Å². The van der Waals surface area contributed by atoms with E-state index in [0.717, 1.165) is 48.0 Å². The summed E-state index contributed by atoms with van der Waals surface area (Å²) in [4.78, 5) is 33.4. The van der Waals surface area contributed by atoms with Gasteiger partial charge < -0.3 is 15.2 Å². The molecule has 3 aromatic rings. The number of H-pyrrole nitrogens is 1. The number of nitrogens with one attached hydrogen (secondary N) is 2. The van der Waals surface area contributed by atoms with E-state index in [0.29, 0.717) is 22.8 Å². The van der Waals surface area contributed by atoms with Crippen molar-refractivity contribution in [3.8, 4) is 0 Å². The molecule has 0 unspecified atom stereocenters. The number of hydrogen-bond acceptors (Lipinski definition) is 3. The minimum atomic E-state index is -0.236. The highest BCUT2D eigenvalue weighted by molar-refractivity contribution is 6.30. The van der Waals surface area contributed by atoms with Crippen LogP contribution in [0.1, 0.15) is 36.5 Å². The van der Waals surface area contributed by atoms with Crippen molar-refractivity contribution in [2.45, 2.75) is 46.2 Å². The van der Waals surface area contributed by atoms with Crippen molar-refractivity contribution in [2.24, 2.45) is 0 Å². The average Bonchev–Trinajstić information content (AvgIpc) is 3.21. The van der Waals surface area contributed by atoms with Gasteiger partial charge in [-0.25, -0.2) is 4.79 Å². The largest absolute Gasteiger partial charge is 0.322 e. The first-order valence-electron chi connectivity index (χ1n) is 11.5. The Morgan fingerprint density at radius 1 is 1.24 bits per heavy atom. The van der Waals surface area contributed by atoms with Gasteiger partial charge in [-0.05, 0) is 81.2 Å². The van der Waals surface area contributed by atoms with Gasteiger partial charge in [0.25, 0.3) is 5.56 Å². The lowest BCUT2D eigenvalue weighted by molar-refractivity contribution is 0.174. The van der Waals surface area contributed by atoms with Crippen LogP contribution in [0, 0.1) is 13.8 Å². The van der Waals surface area contributed by atoms with Crippen LogP contribution in [0.25, 0.3) is 10.9 Å². The Morgan fingerprint density at radius 3 is 2.82 bits per heavy atom. The third-order valence-corrected chi connectivity index (χ3v) is 6.69. The first kappa shape index (κ1) is 23.3. The van der Waals surface area contributed by atoms with Crippen LogP contribution >= 0.6 is 11.6 Å². The lowest BCUT2D eigenvalue weighted by atomic mass is 10.0. The maximum absolute atomic E-state index is 13.3. The van der Waals surface area contributed by atoms with Crippen LogP contribution in [0.15, 0.2) is 47.3 Å². The van der Waals surface area contributed by atoms with Crippen LogP contribution in [0.3, 0.4) is 0 Å². The average molecular weight is 467 g/mol. The Morgan fingerprint density at radius 2 is 2.06 bits per heavy atom. The summed E-state index contributed by atoms with van der Waals surface area (Å²) in [6.07, 6.45) is 2.17. The van der Waals surface area contributed by atoms with E-state index in [1.54, 1.807) is 23.1 Å². The molecule has 1 aliphatic rings. The topological polar surface area (TPSA) is 68.4 Å². The van der Waals surface area contributed by atoms with Crippen molar-refractivity contribution in [2.75, 3.05) is 25.0 Å². The highest BCUT2D eigenvalue weighted by Gasteiger charge is 2.28. The Labute approximate surface area is 199 Å². The molecule has 7 heteroatoms. The van der Waals surface area contributed by atoms with Gasteiger partial charge in [-0.15, -0.1) is 0 Å². The zero-order chi connectivity index (χ0) is 23.5. The number of aromatic amines is 1. The second-order valence-corrected chi connectivity index (χ2v) is 9.35. The maximum Gasteiger partial charge on any atom is 0.322 e. The highest BCUT2D eigenvalue weighted by atomic mass is 35.5. The molecule has 0 spiro atoms. The molecule has 174 valence electrons. The first-order chi connectivity index (χ1) is 15.8. The molecule has 33 heavy (non-hydrogen) atoms. The molecular formula is C26H31ClN4O2. The molecule has 0 radical (unpaired) electrons. The van der Waals surface area contributed by atoms with Crippen molar-refractivity contribution in [3.05, 3.63) is 74.5 Å². The molecule has 1 atom stereocenters. The minimum absolute atomic E-state index is 0.160. The molecule has 6 nitrogen and oxygen atoms in total. The minimum Gasteiger partial charge on any atom is -0.322 e.